The molecule has 0 saturated heterocycles. The molecular formula is C16H24N2O4S. The fourth-order valence-corrected chi connectivity index (χ4v) is 4.50. The van der Waals surface area contributed by atoms with Gasteiger partial charge in [0.15, 0.2) is 0 Å². The lowest BCUT2D eigenvalue weighted by Gasteiger charge is -2.29. The molecule has 1 saturated carbocycles. The predicted molar refractivity (Wildman–Crippen MR) is 88.1 cm³/mol. The molecular weight excluding hydrogens is 316 g/mol. The van der Waals surface area contributed by atoms with Crippen LogP contribution in [0.3, 0.4) is 0 Å². The van der Waals surface area contributed by atoms with Crippen LogP contribution in [0.25, 0.3) is 0 Å². The van der Waals surface area contributed by atoms with E-state index in [2.05, 4.69) is 17.0 Å². The number of methoxy groups -OCH3 is 1. The Labute approximate surface area is 137 Å². The molecule has 0 radical (unpaired) electrons. The number of amides is 1. The highest BCUT2D eigenvalue weighted by Crippen LogP contribution is 2.29. The molecule has 2 atom stereocenters. The minimum Gasteiger partial charge on any atom is -0.495 e. The number of carbonyl (C=O) groups is 1. The highest BCUT2D eigenvalue weighted by molar-refractivity contribution is 7.89. The van der Waals surface area contributed by atoms with Crippen molar-refractivity contribution in [3.63, 3.8) is 0 Å². The van der Waals surface area contributed by atoms with Gasteiger partial charge in [-0.15, -0.1) is 0 Å². The van der Waals surface area contributed by atoms with Crippen molar-refractivity contribution in [3.8, 4) is 5.75 Å². The van der Waals surface area contributed by atoms with Crippen LogP contribution in [0.2, 0.25) is 0 Å². The lowest BCUT2D eigenvalue weighted by atomic mass is 9.87. The molecule has 0 bridgehead atoms. The molecule has 0 heterocycles. The number of benzene rings is 1. The predicted octanol–water partition coefficient (Wildman–Crippen LogP) is 1.91. The highest BCUT2D eigenvalue weighted by Gasteiger charge is 2.29. The topological polar surface area (TPSA) is 84.5 Å². The van der Waals surface area contributed by atoms with Crippen molar-refractivity contribution in [1.29, 1.82) is 0 Å². The third-order valence-corrected chi connectivity index (χ3v) is 5.87. The van der Waals surface area contributed by atoms with Gasteiger partial charge in [0.05, 0.1) is 7.11 Å². The van der Waals surface area contributed by atoms with Crippen molar-refractivity contribution in [2.24, 2.45) is 5.92 Å². The van der Waals surface area contributed by atoms with Crippen LogP contribution >= 0.6 is 0 Å². The van der Waals surface area contributed by atoms with Crippen LogP contribution in [0.1, 0.15) is 43.0 Å². The van der Waals surface area contributed by atoms with Gasteiger partial charge in [0.25, 0.3) is 5.91 Å². The molecule has 2 rings (SSSR count). The molecule has 0 aromatic heterocycles. The van der Waals surface area contributed by atoms with E-state index >= 15 is 0 Å². The first kappa shape index (κ1) is 17.7. The van der Waals surface area contributed by atoms with Crippen LogP contribution in [0.5, 0.6) is 5.75 Å². The maximum Gasteiger partial charge on any atom is 0.251 e. The van der Waals surface area contributed by atoms with E-state index in [1.807, 2.05) is 0 Å². The Hall–Kier alpha value is -1.60. The maximum atomic E-state index is 12.8. The quantitative estimate of drug-likeness (QED) is 0.857. The SMILES string of the molecule is CNC(=O)c1ccc(OC)c(S(=O)(=O)N[C@H]2CCCC[C@H]2C)c1. The Kier molecular flexibility index (Phi) is 5.64. The van der Waals surface area contributed by atoms with E-state index in [9.17, 15) is 13.2 Å². The molecule has 0 unspecified atom stereocenters. The Bertz CT molecular complexity index is 673. The third kappa shape index (κ3) is 4.03. The zero-order valence-corrected chi connectivity index (χ0v) is 14.6. The van der Waals surface area contributed by atoms with Gasteiger partial charge in [-0.1, -0.05) is 19.8 Å². The van der Waals surface area contributed by atoms with Crippen LogP contribution in [0.4, 0.5) is 0 Å². The van der Waals surface area contributed by atoms with Crippen molar-refractivity contribution >= 4 is 15.9 Å². The van der Waals surface area contributed by atoms with Crippen molar-refractivity contribution in [2.75, 3.05) is 14.2 Å². The van der Waals surface area contributed by atoms with Crippen LogP contribution < -0.4 is 14.8 Å². The van der Waals surface area contributed by atoms with E-state index in [4.69, 9.17) is 4.74 Å². The van der Waals surface area contributed by atoms with Gasteiger partial charge in [0.1, 0.15) is 10.6 Å². The summed E-state index contributed by atoms with van der Waals surface area (Å²) in [5, 5.41) is 2.49. The van der Waals surface area contributed by atoms with Gasteiger partial charge in [-0.05, 0) is 37.0 Å². The first-order chi connectivity index (χ1) is 10.9. The number of hydrogen-bond acceptors (Lipinski definition) is 4. The van der Waals surface area contributed by atoms with Gasteiger partial charge in [-0.25, -0.2) is 13.1 Å². The van der Waals surface area contributed by atoms with Crippen LogP contribution in [0.15, 0.2) is 23.1 Å². The van der Waals surface area contributed by atoms with E-state index in [1.165, 1.54) is 26.3 Å². The second-order valence-corrected chi connectivity index (χ2v) is 7.62. The largest absolute Gasteiger partial charge is 0.495 e. The van der Waals surface area contributed by atoms with Crippen LogP contribution in [-0.4, -0.2) is 34.5 Å². The fraction of sp³-hybridized carbons (Fsp3) is 0.562. The van der Waals surface area contributed by atoms with E-state index in [1.54, 1.807) is 6.07 Å². The average molecular weight is 340 g/mol. The molecule has 7 heteroatoms. The second-order valence-electron chi connectivity index (χ2n) is 5.93. The van der Waals surface area contributed by atoms with Gasteiger partial charge in [-0.2, -0.15) is 0 Å². The smallest absolute Gasteiger partial charge is 0.251 e. The molecule has 2 N–H and O–H groups in total. The van der Waals surface area contributed by atoms with Gasteiger partial charge >= 0.3 is 0 Å². The van der Waals surface area contributed by atoms with Crippen molar-refractivity contribution in [1.82, 2.24) is 10.0 Å². The molecule has 1 aromatic rings. The van der Waals surface area contributed by atoms with Gasteiger partial charge in [0, 0.05) is 18.7 Å². The number of rotatable bonds is 5. The molecule has 0 aliphatic heterocycles. The second kappa shape index (κ2) is 7.31. The molecule has 1 aliphatic rings. The molecule has 6 nitrogen and oxygen atoms in total. The zero-order chi connectivity index (χ0) is 17.0. The van der Waals surface area contributed by atoms with Gasteiger partial charge < -0.3 is 10.1 Å². The normalized spacial score (nSPS) is 21.7. The molecule has 128 valence electrons. The summed E-state index contributed by atoms with van der Waals surface area (Å²) in [6, 6.07) is 4.32. The van der Waals surface area contributed by atoms with Crippen molar-refractivity contribution in [3.05, 3.63) is 23.8 Å². The summed E-state index contributed by atoms with van der Waals surface area (Å²) in [5.41, 5.74) is 0.283. The monoisotopic (exact) mass is 340 g/mol. The number of hydrogen-bond donors (Lipinski definition) is 2. The molecule has 23 heavy (non-hydrogen) atoms. The molecule has 1 amide bonds. The van der Waals surface area contributed by atoms with Crippen LogP contribution in [0, 0.1) is 5.92 Å². The van der Waals surface area contributed by atoms with Gasteiger partial charge in [-0.3, -0.25) is 4.79 Å². The standard InChI is InChI=1S/C16H24N2O4S/c1-11-6-4-5-7-13(11)18-23(20,21)15-10-12(16(19)17-2)8-9-14(15)22-3/h8-11,13,18H,4-7H2,1-3H3,(H,17,19)/t11-,13+/m1/s1. The third-order valence-electron chi connectivity index (χ3n) is 4.36. The molecule has 0 spiro atoms. The number of carbonyl (C=O) groups excluding carboxylic acids is 1. The summed E-state index contributed by atoms with van der Waals surface area (Å²) in [7, 11) is -0.838. The summed E-state index contributed by atoms with van der Waals surface area (Å²) < 4.78 is 33.5. The minimum absolute atomic E-state index is 0.00104. The minimum atomic E-state index is -3.75. The Morgan fingerprint density at radius 2 is 1.96 bits per heavy atom. The lowest BCUT2D eigenvalue weighted by Crippen LogP contribution is -2.41. The summed E-state index contributed by atoms with van der Waals surface area (Å²) in [4.78, 5) is 11.8. The lowest BCUT2D eigenvalue weighted by molar-refractivity contribution is 0.0963. The summed E-state index contributed by atoms with van der Waals surface area (Å²) >= 11 is 0. The number of ether oxygens (including phenoxy) is 1. The molecule has 1 aliphatic carbocycles. The van der Waals surface area contributed by atoms with Crippen LogP contribution in [-0.2, 0) is 10.0 Å². The first-order valence-corrected chi connectivity index (χ1v) is 9.30. The Morgan fingerprint density at radius 3 is 2.57 bits per heavy atom. The van der Waals surface area contributed by atoms with E-state index in [0.29, 0.717) is 5.92 Å². The highest BCUT2D eigenvalue weighted by atomic mass is 32.2. The van der Waals surface area contributed by atoms with Crippen molar-refractivity contribution < 1.29 is 17.9 Å². The van der Waals surface area contributed by atoms with Crippen molar-refractivity contribution in [2.45, 2.75) is 43.5 Å². The number of sulfonamides is 1. The molecule has 1 aromatic carbocycles. The Morgan fingerprint density at radius 1 is 1.26 bits per heavy atom. The zero-order valence-electron chi connectivity index (χ0n) is 13.8. The summed E-state index contributed by atoms with van der Waals surface area (Å²) in [6.45, 7) is 2.06. The van der Waals surface area contributed by atoms with Gasteiger partial charge in [0.2, 0.25) is 10.0 Å². The average Bonchev–Trinajstić information content (AvgIpc) is 2.55. The Balaban J connectivity index is 2.35. The fourth-order valence-electron chi connectivity index (χ4n) is 2.93. The summed E-state index contributed by atoms with van der Waals surface area (Å²) in [6.07, 6.45) is 4.00. The number of nitrogens with one attached hydrogen (secondary N) is 2. The van der Waals surface area contributed by atoms with E-state index in [-0.39, 0.29) is 28.2 Å². The first-order valence-electron chi connectivity index (χ1n) is 7.81. The maximum absolute atomic E-state index is 12.8. The molecule has 1 fully saturated rings. The van der Waals surface area contributed by atoms with E-state index < -0.39 is 10.0 Å². The summed E-state index contributed by atoms with van der Waals surface area (Å²) in [5.74, 6) is 0.190. The van der Waals surface area contributed by atoms with E-state index in [0.717, 1.165) is 25.7 Å².